The molecule has 38 heavy (non-hydrogen) atoms. The lowest BCUT2D eigenvalue weighted by Gasteiger charge is -2.24. The summed E-state index contributed by atoms with van der Waals surface area (Å²) in [5.41, 5.74) is 5.92. The molecule has 0 aliphatic carbocycles. The van der Waals surface area contributed by atoms with Crippen LogP contribution in [0.5, 0.6) is 5.75 Å². The van der Waals surface area contributed by atoms with Gasteiger partial charge in [-0.15, -0.1) is 0 Å². The fourth-order valence-corrected chi connectivity index (χ4v) is 5.24. The summed E-state index contributed by atoms with van der Waals surface area (Å²) in [5, 5.41) is 4.35. The van der Waals surface area contributed by atoms with Crippen LogP contribution in [0.15, 0.2) is 115 Å². The Bertz CT molecular complexity index is 1470. The van der Waals surface area contributed by atoms with E-state index in [0.717, 1.165) is 17.9 Å². The Morgan fingerprint density at radius 3 is 2.18 bits per heavy atom. The Hall–Kier alpha value is -4.31. The number of amides is 1. The molecule has 4 aromatic carbocycles. The number of benzene rings is 4. The first-order valence-corrected chi connectivity index (χ1v) is 13.2. The number of carbonyl (C=O) groups is 1. The van der Waals surface area contributed by atoms with E-state index in [-0.39, 0.29) is 17.7 Å². The van der Waals surface area contributed by atoms with Crippen molar-refractivity contribution in [3.05, 3.63) is 138 Å². The van der Waals surface area contributed by atoms with Crippen molar-refractivity contribution in [3.63, 3.8) is 0 Å². The van der Waals surface area contributed by atoms with Crippen molar-refractivity contribution in [2.24, 2.45) is 0 Å². The molecule has 0 saturated heterocycles. The van der Waals surface area contributed by atoms with Crippen molar-refractivity contribution in [1.82, 2.24) is 9.88 Å². The number of rotatable bonds is 10. The molecule has 0 aliphatic rings. The zero-order chi connectivity index (χ0) is 26.3. The second-order valence-corrected chi connectivity index (χ2v) is 9.85. The van der Waals surface area contributed by atoms with Crippen molar-refractivity contribution in [1.29, 1.82) is 0 Å². The maximum Gasteiger partial charge on any atom is 0.220 e. The van der Waals surface area contributed by atoms with Gasteiger partial charge in [-0.2, -0.15) is 0 Å². The Morgan fingerprint density at radius 1 is 0.816 bits per heavy atom. The largest absolute Gasteiger partial charge is 0.497 e. The summed E-state index contributed by atoms with van der Waals surface area (Å²) in [6, 6.07) is 37.3. The van der Waals surface area contributed by atoms with Crippen LogP contribution in [0, 0.1) is 0 Å². The number of nitrogens with zero attached hydrogens (tertiary/aromatic N) is 1. The van der Waals surface area contributed by atoms with Gasteiger partial charge in [0.25, 0.3) is 0 Å². The summed E-state index contributed by atoms with van der Waals surface area (Å²) in [6.45, 7) is 3.52. The standard InChI is InChI=1S/C34H34N2O2/c1-25(28-13-7-4-8-14-28)31(21-34(37)35-22-26-11-5-3-6-12-26)32-24-36(33-16-10-9-15-30(32)33)23-27-17-19-29(38-2)20-18-27/h3-20,24-25,31H,21-23H2,1-2H3,(H,35,37)/t25-,31+/m1/s1. The average molecular weight is 503 g/mol. The maximum atomic E-state index is 13.3. The van der Waals surface area contributed by atoms with Gasteiger partial charge in [-0.25, -0.2) is 0 Å². The third kappa shape index (κ3) is 5.81. The normalized spacial score (nSPS) is 12.7. The van der Waals surface area contributed by atoms with Gasteiger partial charge in [-0.05, 0) is 46.4 Å². The van der Waals surface area contributed by atoms with Gasteiger partial charge in [0.15, 0.2) is 0 Å². The highest BCUT2D eigenvalue weighted by molar-refractivity contribution is 5.86. The zero-order valence-corrected chi connectivity index (χ0v) is 22.0. The molecule has 0 unspecified atom stereocenters. The van der Waals surface area contributed by atoms with Crippen molar-refractivity contribution in [3.8, 4) is 5.75 Å². The molecule has 0 aliphatic heterocycles. The number of hydrogen-bond donors (Lipinski definition) is 1. The van der Waals surface area contributed by atoms with E-state index >= 15 is 0 Å². The number of aromatic nitrogens is 1. The van der Waals surface area contributed by atoms with Gasteiger partial charge < -0.3 is 14.6 Å². The molecule has 0 fully saturated rings. The van der Waals surface area contributed by atoms with Gasteiger partial charge in [0.1, 0.15) is 5.75 Å². The molecule has 0 bridgehead atoms. The first-order chi connectivity index (χ1) is 18.6. The molecular weight excluding hydrogens is 468 g/mol. The summed E-state index contributed by atoms with van der Waals surface area (Å²) in [5.74, 6) is 1.10. The van der Waals surface area contributed by atoms with Crippen LogP contribution in [0.2, 0.25) is 0 Å². The van der Waals surface area contributed by atoms with Crippen LogP contribution in [-0.2, 0) is 17.9 Å². The van der Waals surface area contributed by atoms with Crippen LogP contribution in [-0.4, -0.2) is 17.6 Å². The monoisotopic (exact) mass is 502 g/mol. The van der Waals surface area contributed by atoms with Crippen molar-refractivity contribution in [2.45, 2.75) is 38.3 Å². The Kier molecular flexibility index (Phi) is 7.89. The number of ether oxygens (including phenoxy) is 1. The minimum absolute atomic E-state index is 0.0233. The van der Waals surface area contributed by atoms with Gasteiger partial charge in [0.2, 0.25) is 5.91 Å². The maximum absolute atomic E-state index is 13.3. The van der Waals surface area contributed by atoms with E-state index in [4.69, 9.17) is 4.74 Å². The number of hydrogen-bond acceptors (Lipinski definition) is 2. The quantitative estimate of drug-likeness (QED) is 0.218. The molecular formula is C34H34N2O2. The van der Waals surface area contributed by atoms with Gasteiger partial charge >= 0.3 is 0 Å². The molecule has 1 amide bonds. The molecule has 5 rings (SSSR count). The highest BCUT2D eigenvalue weighted by atomic mass is 16.5. The smallest absolute Gasteiger partial charge is 0.220 e. The predicted octanol–water partition coefficient (Wildman–Crippen LogP) is 7.29. The molecule has 0 spiro atoms. The molecule has 1 aromatic heterocycles. The highest BCUT2D eigenvalue weighted by Crippen LogP contribution is 2.40. The number of methoxy groups -OCH3 is 1. The van der Waals surface area contributed by atoms with Crippen LogP contribution in [0.1, 0.15) is 47.4 Å². The van der Waals surface area contributed by atoms with E-state index in [1.165, 1.54) is 27.6 Å². The minimum atomic E-state index is 0.0233. The molecule has 4 nitrogen and oxygen atoms in total. The molecule has 4 heteroatoms. The first-order valence-electron chi connectivity index (χ1n) is 13.2. The fourth-order valence-electron chi connectivity index (χ4n) is 5.24. The number of carbonyl (C=O) groups excluding carboxylic acids is 1. The van der Waals surface area contributed by atoms with Gasteiger partial charge in [-0.3, -0.25) is 4.79 Å². The van der Waals surface area contributed by atoms with E-state index in [2.05, 4.69) is 83.7 Å². The number of nitrogens with one attached hydrogen (secondary N) is 1. The van der Waals surface area contributed by atoms with Crippen molar-refractivity contribution >= 4 is 16.8 Å². The summed E-state index contributed by atoms with van der Waals surface area (Å²) in [6.07, 6.45) is 2.67. The third-order valence-electron chi connectivity index (χ3n) is 7.40. The van der Waals surface area contributed by atoms with Crippen LogP contribution in [0.25, 0.3) is 10.9 Å². The predicted molar refractivity (Wildman–Crippen MR) is 155 cm³/mol. The van der Waals surface area contributed by atoms with Gasteiger partial charge in [0.05, 0.1) is 7.11 Å². The number of fused-ring (bicyclic) bond motifs is 1. The van der Waals surface area contributed by atoms with E-state index in [1.807, 2.05) is 48.5 Å². The van der Waals surface area contributed by atoms with Crippen LogP contribution in [0.3, 0.4) is 0 Å². The lowest BCUT2D eigenvalue weighted by atomic mass is 9.80. The second kappa shape index (κ2) is 11.8. The summed E-state index contributed by atoms with van der Waals surface area (Å²) < 4.78 is 7.64. The highest BCUT2D eigenvalue weighted by Gasteiger charge is 2.27. The third-order valence-corrected chi connectivity index (χ3v) is 7.40. The van der Waals surface area contributed by atoms with E-state index < -0.39 is 0 Å². The lowest BCUT2D eigenvalue weighted by molar-refractivity contribution is -0.121. The number of para-hydroxylation sites is 1. The Labute approximate surface area is 224 Å². The summed E-state index contributed by atoms with van der Waals surface area (Å²) in [4.78, 5) is 13.3. The van der Waals surface area contributed by atoms with Crippen molar-refractivity contribution < 1.29 is 9.53 Å². The molecule has 2 atom stereocenters. The van der Waals surface area contributed by atoms with Crippen LogP contribution in [0.4, 0.5) is 0 Å². The first kappa shape index (κ1) is 25.3. The molecule has 5 aromatic rings. The minimum Gasteiger partial charge on any atom is -0.497 e. The van der Waals surface area contributed by atoms with Gasteiger partial charge in [0, 0.05) is 42.5 Å². The summed E-state index contributed by atoms with van der Waals surface area (Å²) in [7, 11) is 1.69. The molecule has 0 saturated carbocycles. The fraction of sp³-hybridized carbons (Fsp3) is 0.206. The average Bonchev–Trinajstić information content (AvgIpc) is 3.34. The molecule has 0 radical (unpaired) electrons. The lowest BCUT2D eigenvalue weighted by Crippen LogP contribution is -2.26. The summed E-state index contributed by atoms with van der Waals surface area (Å²) >= 11 is 0. The van der Waals surface area contributed by atoms with E-state index in [0.29, 0.717) is 13.0 Å². The molecule has 1 N–H and O–H groups in total. The topological polar surface area (TPSA) is 43.3 Å². The van der Waals surface area contributed by atoms with Crippen LogP contribution < -0.4 is 10.1 Å². The molecule has 1 heterocycles. The second-order valence-electron chi connectivity index (χ2n) is 9.85. The zero-order valence-electron chi connectivity index (χ0n) is 22.0. The van der Waals surface area contributed by atoms with E-state index in [9.17, 15) is 4.79 Å². The molecule has 192 valence electrons. The van der Waals surface area contributed by atoms with Crippen molar-refractivity contribution in [2.75, 3.05) is 7.11 Å². The Morgan fingerprint density at radius 2 is 1.47 bits per heavy atom. The Balaban J connectivity index is 1.48. The van der Waals surface area contributed by atoms with E-state index in [1.54, 1.807) is 7.11 Å². The van der Waals surface area contributed by atoms with Crippen LogP contribution >= 0.6 is 0 Å². The SMILES string of the molecule is COc1ccc(Cn2cc([C@@H](CC(=O)NCc3ccccc3)[C@H](C)c3ccccc3)c3ccccc32)cc1. The van der Waals surface area contributed by atoms with Gasteiger partial charge in [-0.1, -0.05) is 97.9 Å².